The zero-order chi connectivity index (χ0) is 9.68. The van der Waals surface area contributed by atoms with E-state index in [1.807, 2.05) is 19.1 Å². The molecule has 0 bridgehead atoms. The fraction of sp³-hybridized carbons (Fsp3) is 0.273. The molecule has 0 N–H and O–H groups in total. The van der Waals surface area contributed by atoms with Gasteiger partial charge in [0.25, 0.3) is 0 Å². The predicted octanol–water partition coefficient (Wildman–Crippen LogP) is 2.26. The number of aldehydes is 1. The summed E-state index contributed by atoms with van der Waals surface area (Å²) in [4.78, 5) is 10.5. The Kier molecular flexibility index (Phi) is 3.22. The van der Waals surface area contributed by atoms with Crippen LogP contribution in [0.4, 0.5) is 0 Å². The van der Waals surface area contributed by atoms with E-state index in [0.29, 0.717) is 12.0 Å². The fourth-order valence-corrected chi connectivity index (χ4v) is 1.22. The lowest BCUT2D eigenvalue weighted by atomic mass is 10.0. The van der Waals surface area contributed by atoms with E-state index < -0.39 is 0 Å². The predicted molar refractivity (Wildman–Crippen MR) is 50.5 cm³/mol. The maximum Gasteiger partial charge on any atom is 0.150 e. The molecule has 0 amide bonds. The molecule has 2 nitrogen and oxygen atoms in total. The molecule has 0 fully saturated rings. The van der Waals surface area contributed by atoms with Crippen LogP contribution in [-0.2, 0) is 6.42 Å². The van der Waals surface area contributed by atoms with Crippen molar-refractivity contribution < 1.29 is 4.79 Å². The van der Waals surface area contributed by atoms with Crippen LogP contribution in [0.1, 0.15) is 27.9 Å². The third-order valence-corrected chi connectivity index (χ3v) is 2.02. The molecule has 0 unspecified atom stereocenters. The maximum atomic E-state index is 10.5. The van der Waals surface area contributed by atoms with Gasteiger partial charge < -0.3 is 0 Å². The Morgan fingerprint density at radius 2 is 2.31 bits per heavy atom. The van der Waals surface area contributed by atoms with Crippen molar-refractivity contribution in [2.24, 2.45) is 0 Å². The SMILES string of the molecule is Cc1ccc(C=O)cc1CCC#N. The highest BCUT2D eigenvalue weighted by Gasteiger charge is 1.99. The number of aryl methyl sites for hydroxylation is 2. The Morgan fingerprint density at radius 3 is 2.92 bits per heavy atom. The Hall–Kier alpha value is -1.62. The van der Waals surface area contributed by atoms with Gasteiger partial charge in [-0.25, -0.2) is 0 Å². The van der Waals surface area contributed by atoms with Crippen LogP contribution >= 0.6 is 0 Å². The normalized spacial score (nSPS) is 9.23. The summed E-state index contributed by atoms with van der Waals surface area (Å²) >= 11 is 0. The number of nitrogens with zero attached hydrogens (tertiary/aromatic N) is 1. The molecular weight excluding hydrogens is 162 g/mol. The van der Waals surface area contributed by atoms with Gasteiger partial charge in [-0.3, -0.25) is 4.79 Å². The molecule has 66 valence electrons. The van der Waals surface area contributed by atoms with Crippen LogP contribution in [0.2, 0.25) is 0 Å². The minimum atomic E-state index is 0.503. The van der Waals surface area contributed by atoms with Gasteiger partial charge in [0.1, 0.15) is 6.29 Å². The molecule has 0 heterocycles. The minimum Gasteiger partial charge on any atom is -0.298 e. The molecule has 1 aromatic rings. The molecule has 0 aliphatic rings. The lowest BCUT2D eigenvalue weighted by molar-refractivity contribution is 0.112. The van der Waals surface area contributed by atoms with Crippen molar-refractivity contribution in [3.05, 3.63) is 34.9 Å². The van der Waals surface area contributed by atoms with E-state index in [1.165, 1.54) is 0 Å². The summed E-state index contributed by atoms with van der Waals surface area (Å²) in [5.41, 5.74) is 2.91. The Balaban J connectivity index is 2.91. The fourth-order valence-electron chi connectivity index (χ4n) is 1.22. The summed E-state index contributed by atoms with van der Waals surface area (Å²) in [6.07, 6.45) is 2.06. The highest BCUT2D eigenvalue weighted by atomic mass is 16.1. The lowest BCUT2D eigenvalue weighted by Crippen LogP contribution is -1.91. The first-order valence-corrected chi connectivity index (χ1v) is 4.19. The van der Waals surface area contributed by atoms with E-state index in [4.69, 9.17) is 5.26 Å². The molecule has 1 rings (SSSR count). The quantitative estimate of drug-likeness (QED) is 0.658. The lowest BCUT2D eigenvalue weighted by Gasteiger charge is -2.03. The van der Waals surface area contributed by atoms with E-state index >= 15 is 0 Å². The first-order valence-electron chi connectivity index (χ1n) is 4.19. The molecule has 0 atom stereocenters. The average molecular weight is 173 g/mol. The van der Waals surface area contributed by atoms with Gasteiger partial charge in [0.2, 0.25) is 0 Å². The van der Waals surface area contributed by atoms with E-state index in [-0.39, 0.29) is 0 Å². The molecule has 0 radical (unpaired) electrons. The van der Waals surface area contributed by atoms with Crippen molar-refractivity contribution in [3.8, 4) is 6.07 Å². The minimum absolute atomic E-state index is 0.503. The summed E-state index contributed by atoms with van der Waals surface area (Å²) < 4.78 is 0. The van der Waals surface area contributed by atoms with Gasteiger partial charge in [-0.05, 0) is 30.5 Å². The Labute approximate surface area is 77.8 Å². The van der Waals surface area contributed by atoms with Crippen molar-refractivity contribution in [1.82, 2.24) is 0 Å². The van der Waals surface area contributed by atoms with Gasteiger partial charge in [0, 0.05) is 12.0 Å². The molecule has 2 heteroatoms. The third kappa shape index (κ3) is 2.41. The molecular formula is C11H11NO. The van der Waals surface area contributed by atoms with Crippen molar-refractivity contribution in [2.75, 3.05) is 0 Å². The van der Waals surface area contributed by atoms with Crippen LogP contribution in [0.5, 0.6) is 0 Å². The number of hydrogen-bond donors (Lipinski definition) is 0. The highest BCUT2D eigenvalue weighted by Crippen LogP contribution is 2.11. The number of benzene rings is 1. The standard InChI is InChI=1S/C11H11NO/c1-9-4-5-10(8-13)7-11(9)3-2-6-12/h4-5,7-8H,2-3H2,1H3. The number of hydrogen-bond acceptors (Lipinski definition) is 2. The van der Waals surface area contributed by atoms with Crippen molar-refractivity contribution in [3.63, 3.8) is 0 Å². The van der Waals surface area contributed by atoms with Gasteiger partial charge in [0.15, 0.2) is 0 Å². The molecule has 0 spiro atoms. The van der Waals surface area contributed by atoms with Crippen molar-refractivity contribution in [1.29, 1.82) is 5.26 Å². The molecule has 13 heavy (non-hydrogen) atoms. The second-order valence-corrected chi connectivity index (χ2v) is 2.96. The van der Waals surface area contributed by atoms with Gasteiger partial charge in [-0.15, -0.1) is 0 Å². The van der Waals surface area contributed by atoms with Gasteiger partial charge in [0.05, 0.1) is 6.07 Å². The van der Waals surface area contributed by atoms with E-state index in [9.17, 15) is 4.79 Å². The second-order valence-electron chi connectivity index (χ2n) is 2.96. The number of rotatable bonds is 3. The molecule has 0 saturated heterocycles. The van der Waals surface area contributed by atoms with E-state index in [1.54, 1.807) is 6.07 Å². The average Bonchev–Trinajstić information content (AvgIpc) is 2.17. The second kappa shape index (κ2) is 4.42. The van der Waals surface area contributed by atoms with Crippen LogP contribution in [0.3, 0.4) is 0 Å². The summed E-state index contributed by atoms with van der Waals surface area (Å²) in [7, 11) is 0. The van der Waals surface area contributed by atoms with Crippen molar-refractivity contribution >= 4 is 6.29 Å². The maximum absolute atomic E-state index is 10.5. The zero-order valence-corrected chi connectivity index (χ0v) is 7.58. The van der Waals surface area contributed by atoms with Crippen LogP contribution in [0, 0.1) is 18.3 Å². The number of nitriles is 1. The number of carbonyl (C=O) groups is 1. The summed E-state index contributed by atoms with van der Waals surface area (Å²) in [6, 6.07) is 7.64. The Bertz CT molecular complexity index is 350. The molecule has 0 aliphatic heterocycles. The molecule has 0 saturated carbocycles. The van der Waals surface area contributed by atoms with Crippen LogP contribution in [0.25, 0.3) is 0 Å². The summed E-state index contributed by atoms with van der Waals surface area (Å²) in [5.74, 6) is 0. The molecule has 1 aromatic carbocycles. The topological polar surface area (TPSA) is 40.9 Å². The van der Waals surface area contributed by atoms with Crippen LogP contribution in [0.15, 0.2) is 18.2 Å². The molecule has 0 aliphatic carbocycles. The first-order chi connectivity index (χ1) is 6.27. The summed E-state index contributed by atoms with van der Waals surface area (Å²) in [6.45, 7) is 1.99. The van der Waals surface area contributed by atoms with Crippen molar-refractivity contribution in [2.45, 2.75) is 19.8 Å². The Morgan fingerprint density at radius 1 is 1.54 bits per heavy atom. The number of carbonyl (C=O) groups excluding carboxylic acids is 1. The summed E-state index contributed by atoms with van der Waals surface area (Å²) in [5, 5.41) is 8.43. The smallest absolute Gasteiger partial charge is 0.150 e. The van der Waals surface area contributed by atoms with Crippen LogP contribution < -0.4 is 0 Å². The monoisotopic (exact) mass is 173 g/mol. The van der Waals surface area contributed by atoms with Crippen LogP contribution in [-0.4, -0.2) is 6.29 Å². The van der Waals surface area contributed by atoms with Gasteiger partial charge in [-0.1, -0.05) is 12.1 Å². The van der Waals surface area contributed by atoms with Gasteiger partial charge in [-0.2, -0.15) is 5.26 Å². The van der Waals surface area contributed by atoms with E-state index in [2.05, 4.69) is 6.07 Å². The third-order valence-electron chi connectivity index (χ3n) is 2.02. The molecule has 0 aromatic heterocycles. The highest BCUT2D eigenvalue weighted by molar-refractivity contribution is 5.75. The van der Waals surface area contributed by atoms with Gasteiger partial charge >= 0.3 is 0 Å². The zero-order valence-electron chi connectivity index (χ0n) is 7.58. The first kappa shape index (κ1) is 9.47. The largest absolute Gasteiger partial charge is 0.298 e. The van der Waals surface area contributed by atoms with E-state index in [0.717, 1.165) is 23.8 Å².